The van der Waals surface area contributed by atoms with Gasteiger partial charge in [0.05, 0.1) is 14.2 Å². The van der Waals surface area contributed by atoms with Crippen LogP contribution in [0.5, 0.6) is 11.5 Å². The van der Waals surface area contributed by atoms with E-state index in [4.69, 9.17) is 9.47 Å². The molecule has 0 aromatic heterocycles. The summed E-state index contributed by atoms with van der Waals surface area (Å²) in [7, 11) is 5.46. The largest absolute Gasteiger partial charge is 0.493 e. The van der Waals surface area contributed by atoms with Gasteiger partial charge in [0.15, 0.2) is 11.5 Å². The summed E-state index contributed by atoms with van der Waals surface area (Å²) in [4.78, 5) is 0. The van der Waals surface area contributed by atoms with E-state index < -0.39 is 0 Å². The number of rotatable bonds is 5. The summed E-state index contributed by atoms with van der Waals surface area (Å²) in [5.74, 6) is 1.63. The predicted octanol–water partition coefficient (Wildman–Crippen LogP) is 4.24. The Morgan fingerprint density at radius 2 is 1.62 bits per heavy atom. The molecular formula is C18H29NO2. The molecule has 1 fully saturated rings. The summed E-state index contributed by atoms with van der Waals surface area (Å²) in [5.41, 5.74) is 2.91. The number of methoxy groups -OCH3 is 2. The second-order valence-electron chi connectivity index (χ2n) is 6.50. The second-order valence-corrected chi connectivity index (χ2v) is 6.50. The first-order chi connectivity index (χ1) is 10.1. The van der Waals surface area contributed by atoms with Crippen LogP contribution in [0.1, 0.15) is 56.2 Å². The van der Waals surface area contributed by atoms with E-state index in [0.717, 1.165) is 11.5 Å². The van der Waals surface area contributed by atoms with Gasteiger partial charge < -0.3 is 14.8 Å². The number of nitrogens with one attached hydrogen (secondary N) is 1. The lowest BCUT2D eigenvalue weighted by Gasteiger charge is -2.41. The normalized spacial score (nSPS) is 19.1. The predicted molar refractivity (Wildman–Crippen MR) is 87.3 cm³/mol. The summed E-state index contributed by atoms with van der Waals surface area (Å²) in [6, 6.07) is 4.59. The molecule has 0 saturated heterocycles. The Labute approximate surface area is 129 Å². The molecule has 1 unspecified atom stereocenters. The second kappa shape index (κ2) is 6.69. The average molecular weight is 291 g/mol. The number of ether oxygens (including phenoxy) is 2. The van der Waals surface area contributed by atoms with Crippen molar-refractivity contribution in [3.05, 3.63) is 23.3 Å². The summed E-state index contributed by atoms with van der Waals surface area (Å²) in [6.45, 7) is 4.58. The van der Waals surface area contributed by atoms with Crippen molar-refractivity contribution in [3.8, 4) is 11.5 Å². The lowest BCUT2D eigenvalue weighted by Crippen LogP contribution is -2.36. The zero-order chi connectivity index (χ0) is 15.5. The molecule has 21 heavy (non-hydrogen) atoms. The molecule has 1 N–H and O–H groups in total. The van der Waals surface area contributed by atoms with Crippen molar-refractivity contribution in [1.82, 2.24) is 5.32 Å². The molecule has 1 atom stereocenters. The third-order valence-corrected chi connectivity index (χ3v) is 5.06. The first-order valence-corrected chi connectivity index (χ1v) is 7.95. The lowest BCUT2D eigenvalue weighted by molar-refractivity contribution is 0.149. The molecule has 1 aromatic carbocycles. The van der Waals surface area contributed by atoms with Crippen LogP contribution in [-0.2, 0) is 0 Å². The Hall–Kier alpha value is -1.22. The Bertz CT molecular complexity index is 478. The highest BCUT2D eigenvalue weighted by atomic mass is 16.5. The fourth-order valence-corrected chi connectivity index (χ4v) is 3.83. The van der Waals surface area contributed by atoms with Crippen LogP contribution in [0.2, 0.25) is 0 Å². The molecular weight excluding hydrogens is 262 g/mol. The molecule has 3 nitrogen and oxygen atoms in total. The van der Waals surface area contributed by atoms with Crippen molar-refractivity contribution in [2.24, 2.45) is 5.41 Å². The van der Waals surface area contributed by atoms with E-state index in [1.807, 2.05) is 0 Å². The summed E-state index contributed by atoms with van der Waals surface area (Å²) in [5, 5.41) is 3.56. The van der Waals surface area contributed by atoms with Gasteiger partial charge in [0.1, 0.15) is 0 Å². The quantitative estimate of drug-likeness (QED) is 0.880. The molecule has 0 bridgehead atoms. The van der Waals surface area contributed by atoms with Gasteiger partial charge in [-0.3, -0.25) is 0 Å². The fraction of sp³-hybridized carbons (Fsp3) is 0.667. The van der Waals surface area contributed by atoms with E-state index in [2.05, 4.69) is 38.3 Å². The van der Waals surface area contributed by atoms with Gasteiger partial charge >= 0.3 is 0 Å². The number of hydrogen-bond donors (Lipinski definition) is 1. The number of hydrogen-bond acceptors (Lipinski definition) is 3. The van der Waals surface area contributed by atoms with Crippen LogP contribution in [0.4, 0.5) is 0 Å². The van der Waals surface area contributed by atoms with E-state index in [0.29, 0.717) is 11.5 Å². The highest BCUT2D eigenvalue weighted by molar-refractivity contribution is 5.48. The van der Waals surface area contributed by atoms with Crippen molar-refractivity contribution in [2.45, 2.75) is 52.0 Å². The topological polar surface area (TPSA) is 30.5 Å². The smallest absolute Gasteiger partial charge is 0.161 e. The van der Waals surface area contributed by atoms with Crippen molar-refractivity contribution in [1.29, 1.82) is 0 Å². The summed E-state index contributed by atoms with van der Waals surface area (Å²) < 4.78 is 10.9. The molecule has 1 aliphatic rings. The van der Waals surface area contributed by atoms with E-state index in [1.54, 1.807) is 14.2 Å². The maximum atomic E-state index is 5.49. The maximum Gasteiger partial charge on any atom is 0.161 e. The standard InChI is InChI=1S/C18H29NO2/c1-13-11-15(20-4)16(21-5)12-14(13)17(19-3)18(2)9-7-6-8-10-18/h11-12,17,19H,6-10H2,1-5H3. The first-order valence-electron chi connectivity index (χ1n) is 7.95. The Balaban J connectivity index is 2.42. The summed E-state index contributed by atoms with van der Waals surface area (Å²) in [6.07, 6.45) is 6.61. The van der Waals surface area contributed by atoms with Gasteiger partial charge in [-0.15, -0.1) is 0 Å². The monoisotopic (exact) mass is 291 g/mol. The maximum absolute atomic E-state index is 5.49. The number of benzene rings is 1. The van der Waals surface area contributed by atoms with Crippen molar-refractivity contribution in [2.75, 3.05) is 21.3 Å². The van der Waals surface area contributed by atoms with E-state index in [-0.39, 0.29) is 0 Å². The number of aryl methyl sites for hydroxylation is 1. The molecule has 0 aliphatic heterocycles. The van der Waals surface area contributed by atoms with Crippen LogP contribution in [-0.4, -0.2) is 21.3 Å². The fourth-order valence-electron chi connectivity index (χ4n) is 3.83. The van der Waals surface area contributed by atoms with Gasteiger partial charge in [0, 0.05) is 6.04 Å². The first kappa shape index (κ1) is 16.2. The molecule has 0 amide bonds. The summed E-state index contributed by atoms with van der Waals surface area (Å²) >= 11 is 0. The molecule has 0 heterocycles. The SMILES string of the molecule is CNC(c1cc(OC)c(OC)cc1C)C1(C)CCCCC1. The van der Waals surface area contributed by atoms with Crippen LogP contribution >= 0.6 is 0 Å². The minimum Gasteiger partial charge on any atom is -0.493 e. The highest BCUT2D eigenvalue weighted by Gasteiger charge is 2.36. The van der Waals surface area contributed by atoms with Gasteiger partial charge in [-0.1, -0.05) is 26.2 Å². The Morgan fingerprint density at radius 3 is 2.14 bits per heavy atom. The van der Waals surface area contributed by atoms with Crippen LogP contribution in [0, 0.1) is 12.3 Å². The van der Waals surface area contributed by atoms with E-state index in [1.165, 1.54) is 43.2 Å². The van der Waals surface area contributed by atoms with Crippen LogP contribution < -0.4 is 14.8 Å². The lowest BCUT2D eigenvalue weighted by atomic mass is 9.68. The minimum absolute atomic E-state index is 0.317. The minimum atomic E-state index is 0.317. The van der Waals surface area contributed by atoms with Gasteiger partial charge in [0.25, 0.3) is 0 Å². The van der Waals surface area contributed by atoms with Gasteiger partial charge in [0.2, 0.25) is 0 Å². The molecule has 118 valence electrons. The van der Waals surface area contributed by atoms with Gasteiger partial charge in [-0.25, -0.2) is 0 Å². The van der Waals surface area contributed by atoms with Crippen molar-refractivity contribution < 1.29 is 9.47 Å². The van der Waals surface area contributed by atoms with Crippen molar-refractivity contribution in [3.63, 3.8) is 0 Å². The van der Waals surface area contributed by atoms with Gasteiger partial charge in [-0.2, -0.15) is 0 Å². The highest BCUT2D eigenvalue weighted by Crippen LogP contribution is 2.47. The zero-order valence-corrected chi connectivity index (χ0v) is 14.1. The zero-order valence-electron chi connectivity index (χ0n) is 14.1. The third kappa shape index (κ3) is 3.18. The molecule has 1 aromatic rings. The Morgan fingerprint density at radius 1 is 1.05 bits per heavy atom. The van der Waals surface area contributed by atoms with Crippen LogP contribution in [0.25, 0.3) is 0 Å². The molecule has 2 rings (SSSR count). The third-order valence-electron chi connectivity index (χ3n) is 5.06. The molecule has 0 radical (unpaired) electrons. The Kier molecular flexibility index (Phi) is 5.15. The van der Waals surface area contributed by atoms with E-state index in [9.17, 15) is 0 Å². The molecule has 0 spiro atoms. The molecule has 3 heteroatoms. The van der Waals surface area contributed by atoms with Crippen LogP contribution in [0.3, 0.4) is 0 Å². The van der Waals surface area contributed by atoms with Crippen LogP contribution in [0.15, 0.2) is 12.1 Å². The molecule has 1 aliphatic carbocycles. The van der Waals surface area contributed by atoms with E-state index >= 15 is 0 Å². The average Bonchev–Trinajstić information content (AvgIpc) is 2.49. The molecule has 1 saturated carbocycles. The van der Waals surface area contributed by atoms with Gasteiger partial charge in [-0.05, 0) is 55.5 Å². The van der Waals surface area contributed by atoms with Crippen molar-refractivity contribution >= 4 is 0 Å².